The summed E-state index contributed by atoms with van der Waals surface area (Å²) in [7, 11) is -4.71. The Labute approximate surface area is 216 Å². The highest BCUT2D eigenvalue weighted by atomic mass is 31.2. The molecule has 2 aromatic carbocycles. The van der Waals surface area contributed by atoms with Crippen molar-refractivity contribution in [3.63, 3.8) is 0 Å². The van der Waals surface area contributed by atoms with Gasteiger partial charge in [0.15, 0.2) is 6.10 Å². The lowest BCUT2D eigenvalue weighted by atomic mass is 9.95. The normalized spacial score (nSPS) is 14.8. The van der Waals surface area contributed by atoms with Gasteiger partial charge in [-0.3, -0.25) is 13.9 Å². The molecule has 0 radical (unpaired) electrons. The van der Waals surface area contributed by atoms with Crippen LogP contribution in [0, 0.1) is 11.3 Å². The molecule has 0 saturated heterocycles. The quantitative estimate of drug-likeness (QED) is 0.306. The second-order valence-electron chi connectivity index (χ2n) is 9.96. The smallest absolute Gasteiger partial charge is 0.408 e. The van der Waals surface area contributed by atoms with E-state index in [1.807, 2.05) is 6.07 Å². The first-order valence-electron chi connectivity index (χ1n) is 11.8. The molecule has 0 aliphatic heterocycles. The number of hydrogen-bond donors (Lipinski definition) is 4. The summed E-state index contributed by atoms with van der Waals surface area (Å²) >= 11 is 0. The average molecular weight is 535 g/mol. The third-order valence-electron chi connectivity index (χ3n) is 5.33. The lowest BCUT2D eigenvalue weighted by molar-refractivity contribution is -0.145. The summed E-state index contributed by atoms with van der Waals surface area (Å²) in [6.45, 7) is 8.56. The zero-order valence-electron chi connectivity index (χ0n) is 21.6. The van der Waals surface area contributed by atoms with Crippen LogP contribution in [0.5, 0.6) is 0 Å². The molecule has 3 atom stereocenters. The van der Waals surface area contributed by atoms with Crippen molar-refractivity contribution in [3.05, 3.63) is 71.3 Å². The van der Waals surface area contributed by atoms with Gasteiger partial charge < -0.3 is 25.4 Å². The Hall–Kier alpha value is -3.20. The number of rotatable bonds is 11. The van der Waals surface area contributed by atoms with Crippen LogP contribution in [0.4, 0.5) is 4.79 Å². The number of hydrogen-bond acceptors (Lipinski definition) is 6. The summed E-state index contributed by atoms with van der Waals surface area (Å²) in [6.07, 6.45) is -2.73. The van der Waals surface area contributed by atoms with Crippen LogP contribution in [0.25, 0.3) is 0 Å². The SMILES string of the molecule is CC(C)C(NC(=O)OCc1ccccc1)P(=O)(O)OC(C(=O)O)c1cccc(CNC(=O)C(C)(C)C)c1. The van der Waals surface area contributed by atoms with E-state index in [4.69, 9.17) is 9.26 Å². The molecule has 2 rings (SSSR count). The number of carbonyl (C=O) groups excluding carboxylic acids is 2. The maximum absolute atomic E-state index is 13.2. The van der Waals surface area contributed by atoms with Crippen molar-refractivity contribution in [3.8, 4) is 0 Å². The van der Waals surface area contributed by atoms with Gasteiger partial charge in [-0.15, -0.1) is 0 Å². The molecule has 10 nitrogen and oxygen atoms in total. The number of carboxylic acid groups (broad SMARTS) is 1. The van der Waals surface area contributed by atoms with Crippen molar-refractivity contribution in [2.24, 2.45) is 11.3 Å². The molecule has 4 N–H and O–H groups in total. The first kappa shape index (κ1) is 30.0. The number of amides is 2. The zero-order valence-corrected chi connectivity index (χ0v) is 22.5. The van der Waals surface area contributed by atoms with Gasteiger partial charge in [0.2, 0.25) is 5.91 Å². The van der Waals surface area contributed by atoms with Crippen LogP contribution in [0.1, 0.15) is 57.4 Å². The predicted molar refractivity (Wildman–Crippen MR) is 137 cm³/mol. The van der Waals surface area contributed by atoms with Gasteiger partial charge in [0.05, 0.1) is 0 Å². The monoisotopic (exact) mass is 534 g/mol. The van der Waals surface area contributed by atoms with Gasteiger partial charge in [0.25, 0.3) is 0 Å². The third-order valence-corrected chi connectivity index (χ3v) is 7.27. The summed E-state index contributed by atoms with van der Waals surface area (Å²) in [5.74, 6) is -3.69. The van der Waals surface area contributed by atoms with Crippen LogP contribution in [0.2, 0.25) is 0 Å². The fraction of sp³-hybridized carbons (Fsp3) is 0.423. The standard InChI is InChI=1S/C26H35N2O8P/c1-17(2)22(28-25(32)35-16-18-10-7-6-8-11-18)37(33,34)36-21(23(29)30)20-13-9-12-19(14-20)15-27-24(31)26(3,4)5/h6-14,17,21-22H,15-16H2,1-5H3,(H,27,31)(H,28,32)(H,29,30)(H,33,34). The van der Waals surface area contributed by atoms with Crippen LogP contribution >= 0.6 is 7.60 Å². The number of ether oxygens (including phenoxy) is 1. The molecule has 0 spiro atoms. The summed E-state index contributed by atoms with van der Waals surface area (Å²) < 4.78 is 23.6. The minimum Gasteiger partial charge on any atom is -0.479 e. The van der Waals surface area contributed by atoms with Crippen LogP contribution in [0.15, 0.2) is 54.6 Å². The molecule has 2 amide bonds. The Morgan fingerprint density at radius 1 is 1.00 bits per heavy atom. The lowest BCUT2D eigenvalue weighted by Gasteiger charge is -2.28. The number of benzene rings is 2. The molecule has 2 aromatic rings. The van der Waals surface area contributed by atoms with Gasteiger partial charge in [-0.1, -0.05) is 89.2 Å². The Balaban J connectivity index is 2.15. The maximum Gasteiger partial charge on any atom is 0.408 e. The minimum absolute atomic E-state index is 0.0512. The molecule has 0 aliphatic rings. The van der Waals surface area contributed by atoms with Crippen molar-refractivity contribution in [2.45, 2.75) is 59.7 Å². The van der Waals surface area contributed by atoms with Gasteiger partial charge in [0, 0.05) is 12.0 Å². The van der Waals surface area contributed by atoms with Crippen molar-refractivity contribution in [1.82, 2.24) is 10.6 Å². The zero-order chi connectivity index (χ0) is 27.8. The van der Waals surface area contributed by atoms with E-state index in [1.54, 1.807) is 71.0 Å². The summed E-state index contributed by atoms with van der Waals surface area (Å²) in [5, 5.41) is 14.9. The Bertz CT molecular complexity index is 1130. The van der Waals surface area contributed by atoms with Gasteiger partial charge >= 0.3 is 19.7 Å². The van der Waals surface area contributed by atoms with E-state index in [2.05, 4.69) is 10.6 Å². The molecular weight excluding hydrogens is 499 g/mol. The fourth-order valence-electron chi connectivity index (χ4n) is 3.29. The highest BCUT2D eigenvalue weighted by Gasteiger charge is 2.41. The topological polar surface area (TPSA) is 151 Å². The molecule has 0 saturated carbocycles. The van der Waals surface area contributed by atoms with E-state index >= 15 is 0 Å². The van der Waals surface area contributed by atoms with Crippen LogP contribution in [0.3, 0.4) is 0 Å². The Kier molecular flexibility index (Phi) is 10.4. The number of carboxylic acids is 1. The van der Waals surface area contributed by atoms with Crippen LogP contribution in [-0.2, 0) is 36.6 Å². The number of aliphatic carboxylic acids is 1. The van der Waals surface area contributed by atoms with Crippen molar-refractivity contribution in [2.75, 3.05) is 0 Å². The van der Waals surface area contributed by atoms with E-state index in [9.17, 15) is 28.9 Å². The van der Waals surface area contributed by atoms with Crippen molar-refractivity contribution in [1.29, 1.82) is 0 Å². The number of nitrogens with one attached hydrogen (secondary N) is 2. The number of alkyl carbamates (subject to hydrolysis) is 1. The molecule has 11 heteroatoms. The molecule has 37 heavy (non-hydrogen) atoms. The van der Waals surface area contributed by atoms with Crippen LogP contribution < -0.4 is 10.6 Å². The summed E-state index contributed by atoms with van der Waals surface area (Å²) in [5.41, 5.74) is 0.820. The van der Waals surface area contributed by atoms with Gasteiger partial charge in [-0.05, 0) is 22.6 Å². The van der Waals surface area contributed by atoms with E-state index in [0.29, 0.717) is 5.56 Å². The van der Waals surface area contributed by atoms with Crippen LogP contribution in [-0.4, -0.2) is 33.8 Å². The maximum atomic E-state index is 13.2. The van der Waals surface area contributed by atoms with Crippen molar-refractivity contribution >= 4 is 25.6 Å². The van der Waals surface area contributed by atoms with E-state index in [-0.39, 0.29) is 24.6 Å². The van der Waals surface area contributed by atoms with E-state index < -0.39 is 42.9 Å². The molecular formula is C26H35N2O8P. The first-order valence-corrected chi connectivity index (χ1v) is 13.4. The largest absolute Gasteiger partial charge is 0.479 e. The van der Waals surface area contributed by atoms with E-state index in [1.165, 1.54) is 12.1 Å². The van der Waals surface area contributed by atoms with Gasteiger partial charge in [-0.25, -0.2) is 9.59 Å². The highest BCUT2D eigenvalue weighted by Crippen LogP contribution is 2.52. The molecule has 0 aromatic heterocycles. The summed E-state index contributed by atoms with van der Waals surface area (Å²) in [4.78, 5) is 47.3. The predicted octanol–water partition coefficient (Wildman–Crippen LogP) is 4.59. The molecule has 202 valence electrons. The fourth-order valence-corrected chi connectivity index (χ4v) is 4.96. The van der Waals surface area contributed by atoms with E-state index in [0.717, 1.165) is 5.56 Å². The van der Waals surface area contributed by atoms with Gasteiger partial charge in [0.1, 0.15) is 12.4 Å². The highest BCUT2D eigenvalue weighted by molar-refractivity contribution is 7.53. The third kappa shape index (κ3) is 9.31. The molecule has 0 heterocycles. The Morgan fingerprint density at radius 3 is 2.19 bits per heavy atom. The second kappa shape index (κ2) is 12.9. The molecule has 0 fully saturated rings. The van der Waals surface area contributed by atoms with Gasteiger partial charge in [-0.2, -0.15) is 0 Å². The molecule has 0 bridgehead atoms. The Morgan fingerprint density at radius 2 is 1.62 bits per heavy atom. The van der Waals surface area contributed by atoms with Crippen molar-refractivity contribution < 1.29 is 38.2 Å². The average Bonchev–Trinajstić information content (AvgIpc) is 2.82. The first-order chi connectivity index (χ1) is 17.2. The molecule has 0 aliphatic carbocycles. The lowest BCUT2D eigenvalue weighted by Crippen LogP contribution is -2.39. The minimum atomic E-state index is -4.71. The number of carbonyl (C=O) groups is 3. The molecule has 3 unspecified atom stereocenters. The summed E-state index contributed by atoms with van der Waals surface area (Å²) in [6, 6.07) is 15.1. The second-order valence-corrected chi connectivity index (χ2v) is 11.9.